The van der Waals surface area contributed by atoms with E-state index in [0.29, 0.717) is 37.3 Å². The van der Waals surface area contributed by atoms with Gasteiger partial charge in [0, 0.05) is 24.4 Å². The number of fused-ring (bicyclic) bond motifs is 1. The summed E-state index contributed by atoms with van der Waals surface area (Å²) in [4.78, 5) is 33.7. The summed E-state index contributed by atoms with van der Waals surface area (Å²) < 4.78 is 11.1. The van der Waals surface area contributed by atoms with E-state index in [4.69, 9.17) is 32.7 Å². The Balaban J connectivity index is 1.47. The van der Waals surface area contributed by atoms with E-state index >= 15 is 0 Å². The molecule has 4 rings (SSSR count). The van der Waals surface area contributed by atoms with Crippen molar-refractivity contribution in [3.05, 3.63) is 43.3 Å². The molecular formula is C18H12Cl2N2O4S2. The fourth-order valence-electron chi connectivity index (χ4n) is 2.59. The first-order chi connectivity index (χ1) is 13.3. The van der Waals surface area contributed by atoms with E-state index in [2.05, 4.69) is 9.97 Å². The number of carbonyl (C=O) groups is 2. The van der Waals surface area contributed by atoms with Gasteiger partial charge in [-0.2, -0.15) is 0 Å². The summed E-state index contributed by atoms with van der Waals surface area (Å²) in [6.07, 6.45) is -1.01. The summed E-state index contributed by atoms with van der Waals surface area (Å²) in [5.74, 6) is 0.407. The highest BCUT2D eigenvalue weighted by molar-refractivity contribution is 7.17. The summed E-state index contributed by atoms with van der Waals surface area (Å²) in [5.41, 5.74) is 1.44. The third-order valence-electron chi connectivity index (χ3n) is 3.93. The van der Waals surface area contributed by atoms with E-state index in [0.717, 1.165) is 10.6 Å². The minimum absolute atomic E-state index is 0.0577. The van der Waals surface area contributed by atoms with E-state index < -0.39 is 6.29 Å². The van der Waals surface area contributed by atoms with E-state index in [1.165, 1.54) is 41.7 Å². The molecule has 1 aliphatic rings. The fourth-order valence-corrected chi connectivity index (χ4v) is 4.69. The first-order valence-corrected chi connectivity index (χ1v) is 10.5. The molecule has 144 valence electrons. The highest BCUT2D eigenvalue weighted by Crippen LogP contribution is 2.41. The van der Waals surface area contributed by atoms with Crippen LogP contribution in [-0.4, -0.2) is 27.8 Å². The van der Waals surface area contributed by atoms with Gasteiger partial charge in [-0.1, -0.05) is 23.2 Å². The average Bonchev–Trinajstić information content (AvgIpc) is 3.33. The lowest BCUT2D eigenvalue weighted by atomic mass is 10.3. The second-order valence-electron chi connectivity index (χ2n) is 6.04. The van der Waals surface area contributed by atoms with Gasteiger partial charge in [0.25, 0.3) is 0 Å². The molecule has 1 aliphatic heterocycles. The number of nitrogens with zero attached hydrogens (tertiary/aromatic N) is 2. The number of ketones is 2. The molecule has 2 aromatic heterocycles. The number of Topliss-reactive ketones (excluding diaryl/α,β-unsaturated/α-hetero) is 2. The Bertz CT molecular complexity index is 1080. The number of aromatic nitrogens is 2. The molecule has 0 aliphatic carbocycles. The first kappa shape index (κ1) is 19.3. The maximum Gasteiger partial charge on any atom is 0.301 e. The van der Waals surface area contributed by atoms with Gasteiger partial charge in [-0.3, -0.25) is 9.59 Å². The SMILES string of the molecule is CC(=O)c1nc(C)c(-c2csc(CC(=O)C3Oc4cc(Cl)c(Cl)cc4O3)n2)s1. The monoisotopic (exact) mass is 454 g/mol. The highest BCUT2D eigenvalue weighted by atomic mass is 35.5. The van der Waals surface area contributed by atoms with Crippen LogP contribution in [0.1, 0.15) is 27.4 Å². The van der Waals surface area contributed by atoms with Gasteiger partial charge in [0.2, 0.25) is 5.78 Å². The van der Waals surface area contributed by atoms with Gasteiger partial charge in [0.15, 0.2) is 22.3 Å². The normalized spacial score (nSPS) is 13.1. The number of hydrogen-bond donors (Lipinski definition) is 0. The number of hydrogen-bond acceptors (Lipinski definition) is 8. The van der Waals surface area contributed by atoms with Crippen LogP contribution in [-0.2, 0) is 11.2 Å². The van der Waals surface area contributed by atoms with Crippen molar-refractivity contribution >= 4 is 57.4 Å². The summed E-state index contributed by atoms with van der Waals surface area (Å²) >= 11 is 14.6. The van der Waals surface area contributed by atoms with Crippen LogP contribution in [0.5, 0.6) is 11.5 Å². The number of halogens is 2. The highest BCUT2D eigenvalue weighted by Gasteiger charge is 2.32. The quantitative estimate of drug-likeness (QED) is 0.505. The zero-order valence-corrected chi connectivity index (χ0v) is 17.8. The van der Waals surface area contributed by atoms with Crippen molar-refractivity contribution in [3.63, 3.8) is 0 Å². The van der Waals surface area contributed by atoms with Crippen LogP contribution in [0.3, 0.4) is 0 Å². The predicted octanol–water partition coefficient (Wildman–Crippen LogP) is 4.99. The molecule has 0 spiro atoms. The van der Waals surface area contributed by atoms with Crippen LogP contribution in [0.2, 0.25) is 10.0 Å². The number of rotatable bonds is 5. The average molecular weight is 455 g/mol. The minimum atomic E-state index is -1.06. The summed E-state index contributed by atoms with van der Waals surface area (Å²) in [6, 6.07) is 3.04. The zero-order valence-electron chi connectivity index (χ0n) is 14.6. The Kier molecular flexibility index (Phi) is 5.13. The van der Waals surface area contributed by atoms with Crippen molar-refractivity contribution in [2.75, 3.05) is 0 Å². The lowest BCUT2D eigenvalue weighted by molar-refractivity contribution is -0.133. The van der Waals surface area contributed by atoms with Gasteiger partial charge < -0.3 is 9.47 Å². The van der Waals surface area contributed by atoms with Gasteiger partial charge in [-0.15, -0.1) is 22.7 Å². The summed E-state index contributed by atoms with van der Waals surface area (Å²) in [5, 5.41) is 3.56. The fraction of sp³-hybridized carbons (Fsp3) is 0.222. The Morgan fingerprint density at radius 3 is 2.36 bits per heavy atom. The molecular weight excluding hydrogens is 443 g/mol. The van der Waals surface area contributed by atoms with Crippen LogP contribution in [0.15, 0.2) is 17.5 Å². The molecule has 0 atom stereocenters. The van der Waals surface area contributed by atoms with E-state index in [9.17, 15) is 9.59 Å². The third-order valence-corrected chi connectivity index (χ3v) is 6.78. The van der Waals surface area contributed by atoms with Gasteiger partial charge in [-0.05, 0) is 6.92 Å². The van der Waals surface area contributed by atoms with E-state index in [1.54, 1.807) is 0 Å². The van der Waals surface area contributed by atoms with Gasteiger partial charge in [0.1, 0.15) is 5.01 Å². The molecule has 6 nitrogen and oxygen atoms in total. The number of thiazole rings is 2. The van der Waals surface area contributed by atoms with Crippen molar-refractivity contribution in [2.45, 2.75) is 26.6 Å². The molecule has 0 N–H and O–H groups in total. The van der Waals surface area contributed by atoms with E-state index in [-0.39, 0.29) is 18.0 Å². The summed E-state index contributed by atoms with van der Waals surface area (Å²) in [7, 11) is 0. The molecule has 0 radical (unpaired) electrons. The molecule has 10 heteroatoms. The molecule has 0 saturated carbocycles. The molecule has 0 fully saturated rings. The molecule has 3 heterocycles. The number of benzene rings is 1. The number of aryl methyl sites for hydroxylation is 1. The molecule has 28 heavy (non-hydrogen) atoms. The summed E-state index contributed by atoms with van der Waals surface area (Å²) in [6.45, 7) is 3.31. The molecule has 0 unspecified atom stereocenters. The molecule has 0 bridgehead atoms. The lowest BCUT2D eigenvalue weighted by Crippen LogP contribution is -2.30. The predicted molar refractivity (Wildman–Crippen MR) is 108 cm³/mol. The number of ether oxygens (including phenoxy) is 2. The minimum Gasteiger partial charge on any atom is -0.444 e. The zero-order chi connectivity index (χ0) is 20.0. The maximum atomic E-state index is 12.6. The van der Waals surface area contributed by atoms with Crippen molar-refractivity contribution in [1.82, 2.24) is 9.97 Å². The number of carbonyl (C=O) groups excluding carboxylic acids is 2. The van der Waals surface area contributed by atoms with Crippen LogP contribution in [0, 0.1) is 6.92 Å². The largest absolute Gasteiger partial charge is 0.444 e. The second kappa shape index (κ2) is 7.44. The maximum absolute atomic E-state index is 12.6. The van der Waals surface area contributed by atoms with Gasteiger partial charge in [-0.25, -0.2) is 9.97 Å². The third kappa shape index (κ3) is 3.65. The molecule has 1 aromatic carbocycles. The lowest BCUT2D eigenvalue weighted by Gasteiger charge is -2.07. The Morgan fingerprint density at radius 1 is 1.14 bits per heavy atom. The second-order valence-corrected chi connectivity index (χ2v) is 8.80. The van der Waals surface area contributed by atoms with Crippen LogP contribution in [0.4, 0.5) is 0 Å². The van der Waals surface area contributed by atoms with Gasteiger partial charge in [0.05, 0.1) is 32.7 Å². The standard InChI is InChI=1S/C18H12Cl2N2O4S2/c1-7-16(28-17(21-7)8(2)23)11-6-27-15(22-11)5-12(24)18-25-13-3-9(19)10(20)4-14(13)26-18/h3-4,6,18H,5H2,1-2H3. The van der Waals surface area contributed by atoms with Crippen LogP contribution >= 0.6 is 45.9 Å². The van der Waals surface area contributed by atoms with Crippen molar-refractivity contribution in [1.29, 1.82) is 0 Å². The molecule has 0 saturated heterocycles. The van der Waals surface area contributed by atoms with Crippen LogP contribution in [0.25, 0.3) is 10.6 Å². The molecule has 0 amide bonds. The smallest absolute Gasteiger partial charge is 0.301 e. The van der Waals surface area contributed by atoms with Crippen molar-refractivity contribution < 1.29 is 19.1 Å². The Labute approximate surface area is 178 Å². The van der Waals surface area contributed by atoms with E-state index in [1.807, 2.05) is 12.3 Å². The molecule has 3 aromatic rings. The Hall–Kier alpha value is -2.00. The van der Waals surface area contributed by atoms with Gasteiger partial charge >= 0.3 is 6.29 Å². The topological polar surface area (TPSA) is 78.4 Å². The Morgan fingerprint density at radius 2 is 1.79 bits per heavy atom. The van der Waals surface area contributed by atoms with Crippen LogP contribution < -0.4 is 9.47 Å². The van der Waals surface area contributed by atoms with Crippen molar-refractivity contribution in [2.24, 2.45) is 0 Å². The van der Waals surface area contributed by atoms with Crippen molar-refractivity contribution in [3.8, 4) is 22.1 Å². The first-order valence-electron chi connectivity index (χ1n) is 8.10.